The Kier molecular flexibility index (Phi) is 7.51. The summed E-state index contributed by atoms with van der Waals surface area (Å²) in [5.41, 5.74) is -0.209. The highest BCUT2D eigenvalue weighted by molar-refractivity contribution is 7.99. The van der Waals surface area contributed by atoms with Crippen molar-refractivity contribution in [1.29, 1.82) is 0 Å². The molecule has 0 radical (unpaired) electrons. The molecule has 1 unspecified atom stereocenters. The Morgan fingerprint density at radius 3 is 2.55 bits per heavy atom. The zero-order chi connectivity index (χ0) is 21.8. The van der Waals surface area contributed by atoms with Gasteiger partial charge >= 0.3 is 12.1 Å². The van der Waals surface area contributed by atoms with Crippen LogP contribution in [0.4, 0.5) is 10.5 Å². The third-order valence-electron chi connectivity index (χ3n) is 4.44. The van der Waals surface area contributed by atoms with Crippen LogP contribution in [0, 0.1) is 16.0 Å². The van der Waals surface area contributed by atoms with Crippen molar-refractivity contribution >= 4 is 29.5 Å². The lowest BCUT2D eigenvalue weighted by molar-refractivity contribution is -0.385. The first-order valence-corrected chi connectivity index (χ1v) is 10.6. The lowest BCUT2D eigenvalue weighted by atomic mass is 9.93. The molecule has 9 heteroatoms. The molecule has 0 bridgehead atoms. The Morgan fingerprint density at radius 1 is 1.31 bits per heavy atom. The molecule has 1 aromatic carbocycles. The maximum absolute atomic E-state index is 12.9. The van der Waals surface area contributed by atoms with E-state index in [4.69, 9.17) is 9.47 Å². The molecular formula is C20H28N2O6S. The third kappa shape index (κ3) is 5.62. The average Bonchev–Trinajstić information content (AvgIpc) is 3.06. The van der Waals surface area contributed by atoms with Crippen molar-refractivity contribution < 1.29 is 24.0 Å². The second-order valence-electron chi connectivity index (χ2n) is 7.68. The number of nitrogens with zero attached hydrogens (tertiary/aromatic N) is 2. The van der Waals surface area contributed by atoms with Crippen LogP contribution in [0.3, 0.4) is 0 Å². The van der Waals surface area contributed by atoms with Gasteiger partial charge in [0.15, 0.2) is 0 Å². The zero-order valence-electron chi connectivity index (χ0n) is 17.5. The minimum Gasteiger partial charge on any atom is -0.466 e. The van der Waals surface area contributed by atoms with Gasteiger partial charge in [-0.3, -0.25) is 14.9 Å². The first-order valence-electron chi connectivity index (χ1n) is 9.66. The predicted molar refractivity (Wildman–Crippen MR) is 110 cm³/mol. The number of thioether (sulfide) groups is 1. The van der Waals surface area contributed by atoms with Gasteiger partial charge in [-0.15, -0.1) is 11.8 Å². The molecule has 160 valence electrons. The van der Waals surface area contributed by atoms with E-state index in [1.807, 2.05) is 6.92 Å². The normalized spacial score (nSPS) is 19.1. The van der Waals surface area contributed by atoms with Crippen LogP contribution < -0.4 is 0 Å². The van der Waals surface area contributed by atoms with E-state index in [1.165, 1.54) is 28.8 Å². The van der Waals surface area contributed by atoms with Crippen LogP contribution in [-0.4, -0.2) is 46.4 Å². The van der Waals surface area contributed by atoms with Gasteiger partial charge in [-0.25, -0.2) is 4.79 Å². The SMILES string of the molecule is CCOC(=O)[C@H]1CCN(C(=O)OC(C)(C)C)C1c1cc([N+](=O)[O-])ccc1SCC. The monoisotopic (exact) mass is 424 g/mol. The summed E-state index contributed by atoms with van der Waals surface area (Å²) in [5, 5.41) is 11.4. The number of amides is 1. The summed E-state index contributed by atoms with van der Waals surface area (Å²) in [6.07, 6.45) is -0.143. The summed E-state index contributed by atoms with van der Waals surface area (Å²) in [5.74, 6) is -0.281. The quantitative estimate of drug-likeness (QED) is 0.285. The van der Waals surface area contributed by atoms with Gasteiger partial charge in [0.25, 0.3) is 5.69 Å². The summed E-state index contributed by atoms with van der Waals surface area (Å²) in [6, 6.07) is 3.89. The van der Waals surface area contributed by atoms with E-state index >= 15 is 0 Å². The summed E-state index contributed by atoms with van der Waals surface area (Å²) in [4.78, 5) is 38.7. The van der Waals surface area contributed by atoms with Crippen LogP contribution in [0.15, 0.2) is 23.1 Å². The molecular weight excluding hydrogens is 396 g/mol. The van der Waals surface area contributed by atoms with Crippen LogP contribution in [0.25, 0.3) is 0 Å². The predicted octanol–water partition coefficient (Wildman–Crippen LogP) is 4.57. The molecule has 1 aliphatic heterocycles. The molecule has 0 aromatic heterocycles. The highest BCUT2D eigenvalue weighted by Crippen LogP contribution is 2.43. The molecule has 0 aliphatic carbocycles. The number of benzene rings is 1. The maximum Gasteiger partial charge on any atom is 0.410 e. The van der Waals surface area contributed by atoms with Crippen molar-refractivity contribution in [3.63, 3.8) is 0 Å². The molecule has 0 N–H and O–H groups in total. The number of non-ortho nitro benzene ring substituents is 1. The van der Waals surface area contributed by atoms with Crippen LogP contribution in [0.2, 0.25) is 0 Å². The summed E-state index contributed by atoms with van der Waals surface area (Å²) in [6.45, 7) is 9.53. The van der Waals surface area contributed by atoms with Gasteiger partial charge in [-0.2, -0.15) is 0 Å². The van der Waals surface area contributed by atoms with Gasteiger partial charge in [-0.05, 0) is 51.5 Å². The Balaban J connectivity index is 2.55. The molecule has 1 fully saturated rings. The summed E-state index contributed by atoms with van der Waals surface area (Å²) >= 11 is 1.51. The largest absolute Gasteiger partial charge is 0.466 e. The van der Waals surface area contributed by atoms with E-state index in [1.54, 1.807) is 33.8 Å². The number of esters is 1. The van der Waals surface area contributed by atoms with E-state index < -0.39 is 34.5 Å². The van der Waals surface area contributed by atoms with Crippen LogP contribution >= 0.6 is 11.8 Å². The molecule has 2 atom stereocenters. The third-order valence-corrected chi connectivity index (χ3v) is 5.41. The fourth-order valence-electron chi connectivity index (χ4n) is 3.37. The number of nitro benzene ring substituents is 1. The lowest BCUT2D eigenvalue weighted by Crippen LogP contribution is -2.38. The van der Waals surface area contributed by atoms with Crippen LogP contribution in [0.5, 0.6) is 0 Å². The second-order valence-corrected chi connectivity index (χ2v) is 8.98. The molecule has 1 saturated heterocycles. The number of hydrogen-bond acceptors (Lipinski definition) is 7. The van der Waals surface area contributed by atoms with Crippen molar-refractivity contribution in [3.8, 4) is 0 Å². The molecule has 1 aliphatic rings. The fraction of sp³-hybridized carbons (Fsp3) is 0.600. The summed E-state index contributed by atoms with van der Waals surface area (Å²) in [7, 11) is 0. The van der Waals surface area contributed by atoms with Gasteiger partial charge in [-0.1, -0.05) is 6.92 Å². The first-order chi connectivity index (χ1) is 13.6. The minimum atomic E-state index is -0.701. The highest BCUT2D eigenvalue weighted by Gasteiger charge is 2.45. The molecule has 1 aromatic rings. The van der Waals surface area contributed by atoms with Crippen molar-refractivity contribution in [3.05, 3.63) is 33.9 Å². The second kappa shape index (κ2) is 9.47. The van der Waals surface area contributed by atoms with Gasteiger partial charge in [0.1, 0.15) is 5.60 Å². The number of ether oxygens (including phenoxy) is 2. The van der Waals surface area contributed by atoms with Crippen molar-refractivity contribution in [2.45, 2.75) is 57.6 Å². The smallest absolute Gasteiger partial charge is 0.410 e. The molecule has 8 nitrogen and oxygen atoms in total. The van der Waals surface area contributed by atoms with Gasteiger partial charge < -0.3 is 14.4 Å². The standard InChI is InChI=1S/C20H28N2O6S/c1-6-27-18(23)14-10-11-21(19(24)28-20(3,4)5)17(14)15-12-13(22(25)26)8-9-16(15)29-7-2/h8-9,12,14,17H,6-7,10-11H2,1-5H3/t14-,17?/m0/s1. The topological polar surface area (TPSA) is 99.0 Å². The Bertz CT molecular complexity index is 777. The van der Waals surface area contributed by atoms with E-state index in [-0.39, 0.29) is 12.3 Å². The maximum atomic E-state index is 12.9. The Morgan fingerprint density at radius 2 is 2.00 bits per heavy atom. The lowest BCUT2D eigenvalue weighted by Gasteiger charge is -2.31. The Labute approximate surface area is 175 Å². The number of likely N-dealkylation sites (tertiary alicyclic amines) is 1. The average molecular weight is 425 g/mol. The molecule has 1 heterocycles. The van der Waals surface area contributed by atoms with E-state index in [0.717, 1.165) is 10.6 Å². The van der Waals surface area contributed by atoms with Crippen molar-refractivity contribution in [2.75, 3.05) is 18.9 Å². The molecule has 29 heavy (non-hydrogen) atoms. The molecule has 0 saturated carbocycles. The van der Waals surface area contributed by atoms with Crippen LogP contribution in [0.1, 0.15) is 52.6 Å². The number of carbonyl (C=O) groups is 2. The first kappa shape index (κ1) is 23.0. The van der Waals surface area contributed by atoms with E-state index in [2.05, 4.69) is 0 Å². The van der Waals surface area contributed by atoms with Crippen LogP contribution in [-0.2, 0) is 14.3 Å². The van der Waals surface area contributed by atoms with Crippen molar-refractivity contribution in [1.82, 2.24) is 4.90 Å². The number of carbonyl (C=O) groups excluding carboxylic acids is 2. The van der Waals surface area contributed by atoms with Gasteiger partial charge in [0, 0.05) is 23.6 Å². The number of hydrogen-bond donors (Lipinski definition) is 0. The molecule has 0 spiro atoms. The Hall–Kier alpha value is -2.29. The zero-order valence-corrected chi connectivity index (χ0v) is 18.3. The summed E-state index contributed by atoms with van der Waals surface area (Å²) < 4.78 is 10.8. The van der Waals surface area contributed by atoms with Gasteiger partial charge in [0.2, 0.25) is 0 Å². The fourth-order valence-corrected chi connectivity index (χ4v) is 4.19. The molecule has 1 amide bonds. The highest BCUT2D eigenvalue weighted by atomic mass is 32.2. The van der Waals surface area contributed by atoms with Gasteiger partial charge in [0.05, 0.1) is 23.5 Å². The number of rotatable bonds is 6. The molecule has 2 rings (SSSR count). The number of nitro groups is 1. The van der Waals surface area contributed by atoms with E-state index in [9.17, 15) is 19.7 Å². The minimum absolute atomic E-state index is 0.0842. The van der Waals surface area contributed by atoms with E-state index in [0.29, 0.717) is 18.5 Å². The van der Waals surface area contributed by atoms with Crippen molar-refractivity contribution in [2.24, 2.45) is 5.92 Å².